The molecule has 10 heteroatoms. The number of rotatable bonds is 9. The Morgan fingerprint density at radius 2 is 2.00 bits per heavy atom. The van der Waals surface area contributed by atoms with Gasteiger partial charge in [0, 0.05) is 31.9 Å². The molecule has 10 nitrogen and oxygen atoms in total. The topological polar surface area (TPSA) is 119 Å². The van der Waals surface area contributed by atoms with E-state index in [1.807, 2.05) is 6.07 Å². The SMILES string of the molecule is COCCN(COC)C(=O)c1cccc(-c2nc3ncc(NC(=O)OC(C)C)cc3[nH]2)c1. The van der Waals surface area contributed by atoms with E-state index in [4.69, 9.17) is 14.2 Å². The van der Waals surface area contributed by atoms with Crippen molar-refractivity contribution in [3.8, 4) is 11.4 Å². The molecule has 0 fully saturated rings. The Morgan fingerprint density at radius 3 is 2.72 bits per heavy atom. The van der Waals surface area contributed by atoms with Gasteiger partial charge in [0.05, 0.1) is 30.1 Å². The van der Waals surface area contributed by atoms with Crippen molar-refractivity contribution in [3.63, 3.8) is 0 Å². The van der Waals surface area contributed by atoms with Crippen molar-refractivity contribution in [1.82, 2.24) is 19.9 Å². The quantitative estimate of drug-likeness (QED) is 0.489. The van der Waals surface area contributed by atoms with Crippen LogP contribution in [0.4, 0.5) is 10.5 Å². The number of amides is 2. The van der Waals surface area contributed by atoms with Gasteiger partial charge in [0.15, 0.2) is 5.65 Å². The minimum Gasteiger partial charge on any atom is -0.447 e. The molecule has 2 aromatic heterocycles. The number of hydrogen-bond donors (Lipinski definition) is 2. The first kappa shape index (κ1) is 23.2. The van der Waals surface area contributed by atoms with Gasteiger partial charge < -0.3 is 24.1 Å². The lowest BCUT2D eigenvalue weighted by molar-refractivity contribution is 0.0325. The van der Waals surface area contributed by atoms with Gasteiger partial charge in [-0.2, -0.15) is 0 Å². The maximum Gasteiger partial charge on any atom is 0.411 e. The summed E-state index contributed by atoms with van der Waals surface area (Å²) in [6, 6.07) is 8.86. The van der Waals surface area contributed by atoms with Gasteiger partial charge in [-0.3, -0.25) is 10.1 Å². The summed E-state index contributed by atoms with van der Waals surface area (Å²) >= 11 is 0. The summed E-state index contributed by atoms with van der Waals surface area (Å²) in [5.74, 6) is 0.384. The zero-order valence-corrected chi connectivity index (χ0v) is 18.5. The first-order valence-corrected chi connectivity index (χ1v) is 10.1. The molecular formula is C22H27N5O5. The molecule has 1 aromatic carbocycles. The summed E-state index contributed by atoms with van der Waals surface area (Å²) in [6.07, 6.45) is 0.725. The normalized spacial score (nSPS) is 11.0. The Kier molecular flexibility index (Phi) is 7.74. The minimum atomic E-state index is -0.554. The highest BCUT2D eigenvalue weighted by molar-refractivity contribution is 5.95. The molecule has 0 atom stereocenters. The summed E-state index contributed by atoms with van der Waals surface area (Å²) in [5, 5.41) is 2.64. The molecule has 0 radical (unpaired) electrons. The van der Waals surface area contributed by atoms with E-state index >= 15 is 0 Å². The molecule has 0 unspecified atom stereocenters. The van der Waals surface area contributed by atoms with E-state index in [1.165, 1.54) is 13.3 Å². The molecule has 32 heavy (non-hydrogen) atoms. The molecule has 0 aliphatic rings. The lowest BCUT2D eigenvalue weighted by Crippen LogP contribution is -2.35. The number of carbonyl (C=O) groups excluding carboxylic acids is 2. The number of nitrogens with one attached hydrogen (secondary N) is 2. The Morgan fingerprint density at radius 1 is 1.19 bits per heavy atom. The van der Waals surface area contributed by atoms with Gasteiger partial charge in [0.25, 0.3) is 5.91 Å². The number of pyridine rings is 1. The van der Waals surface area contributed by atoms with Crippen LogP contribution in [-0.2, 0) is 14.2 Å². The summed E-state index contributed by atoms with van der Waals surface area (Å²) < 4.78 is 15.3. The Hall–Kier alpha value is -3.50. The molecule has 0 spiro atoms. The van der Waals surface area contributed by atoms with Gasteiger partial charge in [-0.25, -0.2) is 14.8 Å². The number of ether oxygens (including phenoxy) is 3. The summed E-state index contributed by atoms with van der Waals surface area (Å²) in [7, 11) is 3.12. The summed E-state index contributed by atoms with van der Waals surface area (Å²) in [5.41, 5.74) is 2.84. The third kappa shape index (κ3) is 5.80. The monoisotopic (exact) mass is 441 g/mol. The highest BCUT2D eigenvalue weighted by Gasteiger charge is 2.17. The van der Waals surface area contributed by atoms with Crippen LogP contribution in [0.15, 0.2) is 36.5 Å². The fourth-order valence-corrected chi connectivity index (χ4v) is 3.03. The molecule has 170 valence electrons. The van der Waals surface area contributed by atoms with E-state index in [2.05, 4.69) is 20.3 Å². The number of nitrogens with zero attached hydrogens (tertiary/aromatic N) is 3. The summed E-state index contributed by atoms with van der Waals surface area (Å²) in [4.78, 5) is 38.3. The molecule has 0 saturated heterocycles. The lowest BCUT2D eigenvalue weighted by atomic mass is 10.1. The third-order valence-electron chi connectivity index (χ3n) is 4.45. The number of benzene rings is 1. The highest BCUT2D eigenvalue weighted by atomic mass is 16.6. The largest absolute Gasteiger partial charge is 0.447 e. The number of aromatic nitrogens is 3. The zero-order chi connectivity index (χ0) is 23.1. The van der Waals surface area contributed by atoms with Gasteiger partial charge in [0.2, 0.25) is 0 Å². The molecule has 2 amide bonds. The molecule has 0 aliphatic carbocycles. The number of methoxy groups -OCH3 is 2. The first-order chi connectivity index (χ1) is 15.4. The Bertz CT molecular complexity index is 1080. The van der Waals surface area contributed by atoms with Crippen LogP contribution in [0.2, 0.25) is 0 Å². The van der Waals surface area contributed by atoms with Gasteiger partial charge in [-0.05, 0) is 32.0 Å². The van der Waals surface area contributed by atoms with Crippen LogP contribution in [-0.4, -0.2) is 72.1 Å². The van der Waals surface area contributed by atoms with Crippen molar-refractivity contribution in [1.29, 1.82) is 0 Å². The predicted octanol–water partition coefficient (Wildman–Crippen LogP) is 3.27. The number of H-pyrrole nitrogens is 1. The van der Waals surface area contributed by atoms with Crippen molar-refractivity contribution in [2.45, 2.75) is 20.0 Å². The van der Waals surface area contributed by atoms with Crippen molar-refractivity contribution in [2.24, 2.45) is 0 Å². The average Bonchev–Trinajstić information content (AvgIpc) is 3.19. The van der Waals surface area contributed by atoms with E-state index < -0.39 is 6.09 Å². The van der Waals surface area contributed by atoms with Crippen LogP contribution in [0.25, 0.3) is 22.6 Å². The highest BCUT2D eigenvalue weighted by Crippen LogP contribution is 2.23. The van der Waals surface area contributed by atoms with E-state index in [0.717, 1.165) is 5.56 Å². The molecular weight excluding hydrogens is 414 g/mol. The summed E-state index contributed by atoms with van der Waals surface area (Å²) in [6.45, 7) is 4.53. The fraction of sp³-hybridized carbons (Fsp3) is 0.364. The van der Waals surface area contributed by atoms with E-state index in [0.29, 0.717) is 41.4 Å². The van der Waals surface area contributed by atoms with Crippen molar-refractivity contribution < 1.29 is 23.8 Å². The van der Waals surface area contributed by atoms with E-state index in [9.17, 15) is 9.59 Å². The second-order valence-electron chi connectivity index (χ2n) is 7.32. The van der Waals surface area contributed by atoms with E-state index in [1.54, 1.807) is 50.1 Å². The van der Waals surface area contributed by atoms with Crippen molar-refractivity contribution in [3.05, 3.63) is 42.1 Å². The molecule has 0 aliphatic heterocycles. The second kappa shape index (κ2) is 10.7. The maximum absolute atomic E-state index is 12.9. The van der Waals surface area contributed by atoms with Gasteiger partial charge in [-0.15, -0.1) is 0 Å². The number of anilines is 1. The number of carbonyl (C=O) groups is 2. The van der Waals surface area contributed by atoms with Crippen LogP contribution < -0.4 is 5.32 Å². The van der Waals surface area contributed by atoms with Gasteiger partial charge in [0.1, 0.15) is 12.6 Å². The standard InChI is InChI=1S/C22H27N5O5/c1-14(2)32-22(29)24-17-11-18-20(23-12-17)26-19(25-18)15-6-5-7-16(10-15)21(28)27(13-31-4)8-9-30-3/h5-7,10-12,14H,8-9,13H2,1-4H3,(H,24,29)(H,23,25,26). The maximum atomic E-state index is 12.9. The fourth-order valence-electron chi connectivity index (χ4n) is 3.03. The molecule has 0 saturated carbocycles. The number of fused-ring (bicyclic) bond motifs is 1. The van der Waals surface area contributed by atoms with Crippen molar-refractivity contribution in [2.75, 3.05) is 39.4 Å². The smallest absolute Gasteiger partial charge is 0.411 e. The van der Waals surface area contributed by atoms with Crippen LogP contribution in [0, 0.1) is 0 Å². The minimum absolute atomic E-state index is 0.163. The first-order valence-electron chi connectivity index (χ1n) is 10.1. The lowest BCUT2D eigenvalue weighted by Gasteiger charge is -2.21. The van der Waals surface area contributed by atoms with Crippen LogP contribution in [0.3, 0.4) is 0 Å². The predicted molar refractivity (Wildman–Crippen MR) is 119 cm³/mol. The average molecular weight is 441 g/mol. The molecule has 3 aromatic rings. The Labute approximate surface area is 185 Å². The number of hydrogen-bond acceptors (Lipinski definition) is 7. The van der Waals surface area contributed by atoms with Gasteiger partial charge >= 0.3 is 6.09 Å². The molecule has 2 N–H and O–H groups in total. The van der Waals surface area contributed by atoms with Crippen LogP contribution in [0.1, 0.15) is 24.2 Å². The number of imidazole rings is 1. The molecule has 0 bridgehead atoms. The zero-order valence-electron chi connectivity index (χ0n) is 18.5. The molecule has 2 heterocycles. The van der Waals surface area contributed by atoms with Gasteiger partial charge in [-0.1, -0.05) is 12.1 Å². The second-order valence-corrected chi connectivity index (χ2v) is 7.32. The Balaban J connectivity index is 1.82. The number of aromatic amines is 1. The van der Waals surface area contributed by atoms with Crippen molar-refractivity contribution >= 4 is 28.9 Å². The van der Waals surface area contributed by atoms with E-state index in [-0.39, 0.29) is 18.7 Å². The molecule has 3 rings (SSSR count). The van der Waals surface area contributed by atoms with Crippen LogP contribution in [0.5, 0.6) is 0 Å². The third-order valence-corrected chi connectivity index (χ3v) is 4.45. The van der Waals surface area contributed by atoms with Crippen LogP contribution >= 0.6 is 0 Å².